The molecule has 0 radical (unpaired) electrons. The monoisotopic (exact) mass is 487 g/mol. The maximum atomic E-state index is 13.1. The third-order valence-electron chi connectivity index (χ3n) is 5.42. The maximum absolute atomic E-state index is 13.1. The van der Waals surface area contributed by atoms with E-state index in [-0.39, 0.29) is 30.8 Å². The molecule has 0 saturated heterocycles. The molecule has 3 amide bonds. The van der Waals surface area contributed by atoms with Gasteiger partial charge >= 0.3 is 5.97 Å². The third-order valence-corrected chi connectivity index (χ3v) is 5.42. The van der Waals surface area contributed by atoms with E-state index in [1.807, 2.05) is 6.92 Å². The molecule has 0 rings (SSSR count). The first-order valence-electron chi connectivity index (χ1n) is 11.4. The van der Waals surface area contributed by atoms with Crippen LogP contribution in [0.1, 0.15) is 53.9 Å². The summed E-state index contributed by atoms with van der Waals surface area (Å²) in [5.41, 5.74) is 16.3. The second kappa shape index (κ2) is 15.1. The Morgan fingerprint density at radius 1 is 0.912 bits per heavy atom. The van der Waals surface area contributed by atoms with Crippen LogP contribution in [0.15, 0.2) is 4.99 Å². The fourth-order valence-corrected chi connectivity index (χ4v) is 2.97. The molecule has 13 nitrogen and oxygen atoms in total. The van der Waals surface area contributed by atoms with Gasteiger partial charge in [-0.3, -0.25) is 19.4 Å². The van der Waals surface area contributed by atoms with E-state index in [1.165, 1.54) is 6.92 Å². The topological polar surface area (TPSA) is 235 Å². The number of carbonyl (C=O) groups excluding carboxylic acids is 3. The molecular formula is C21H41N7O6. The number of amides is 3. The normalized spacial score (nSPS) is 16.4. The molecule has 0 bridgehead atoms. The molecule has 0 spiro atoms. The molecule has 0 aliphatic rings. The number of carbonyl (C=O) groups is 4. The minimum Gasteiger partial charge on any atom is -0.480 e. The van der Waals surface area contributed by atoms with Gasteiger partial charge in [0.25, 0.3) is 0 Å². The Balaban J connectivity index is 5.65. The standard InChI is InChI=1S/C21H41N7O6/c1-6-11(4)16(19(32)27-15(10(2)3)20(33)34)28-17(30)13(8-7-9-25-21(23)24)26-18(31)14(22)12(5)29/h10-16,29H,6-9,22H2,1-5H3,(H,26,31)(H,27,32)(H,28,30)(H,33,34)(H4,23,24,25). The lowest BCUT2D eigenvalue weighted by Crippen LogP contribution is -2.59. The quantitative estimate of drug-likeness (QED) is 0.0722. The number of nitrogens with zero attached hydrogens (tertiary/aromatic N) is 1. The number of aliphatic imine (C=N–C) groups is 1. The zero-order valence-corrected chi connectivity index (χ0v) is 20.6. The van der Waals surface area contributed by atoms with Crippen LogP contribution in [0, 0.1) is 11.8 Å². The molecule has 0 aromatic carbocycles. The summed E-state index contributed by atoms with van der Waals surface area (Å²) in [5.74, 6) is -4.06. The summed E-state index contributed by atoms with van der Waals surface area (Å²) < 4.78 is 0. The van der Waals surface area contributed by atoms with Crippen LogP contribution in [-0.4, -0.2) is 76.7 Å². The number of aliphatic carboxylic acids is 1. The van der Waals surface area contributed by atoms with Crippen molar-refractivity contribution < 1.29 is 29.4 Å². The van der Waals surface area contributed by atoms with Crippen molar-refractivity contribution >= 4 is 29.7 Å². The van der Waals surface area contributed by atoms with Crippen LogP contribution < -0.4 is 33.2 Å². The van der Waals surface area contributed by atoms with Crippen LogP contribution in [0.2, 0.25) is 0 Å². The van der Waals surface area contributed by atoms with Gasteiger partial charge in [-0.15, -0.1) is 0 Å². The van der Waals surface area contributed by atoms with Crippen molar-refractivity contribution in [1.82, 2.24) is 16.0 Å². The van der Waals surface area contributed by atoms with Crippen molar-refractivity contribution in [1.29, 1.82) is 0 Å². The third kappa shape index (κ3) is 10.8. The Morgan fingerprint density at radius 3 is 1.91 bits per heavy atom. The van der Waals surface area contributed by atoms with Crippen molar-refractivity contribution in [3.8, 4) is 0 Å². The van der Waals surface area contributed by atoms with E-state index >= 15 is 0 Å². The summed E-state index contributed by atoms with van der Waals surface area (Å²) in [6, 6.07) is -4.52. The van der Waals surface area contributed by atoms with E-state index in [0.717, 1.165) is 0 Å². The number of guanidine groups is 1. The Kier molecular flexibility index (Phi) is 13.8. The number of aliphatic hydroxyl groups excluding tert-OH is 1. The van der Waals surface area contributed by atoms with E-state index in [9.17, 15) is 29.4 Å². The average Bonchev–Trinajstić information content (AvgIpc) is 2.75. The van der Waals surface area contributed by atoms with Gasteiger partial charge in [0.15, 0.2) is 5.96 Å². The Labute approximate surface area is 200 Å². The van der Waals surface area contributed by atoms with Crippen molar-refractivity contribution in [2.24, 2.45) is 34.0 Å². The Bertz CT molecular complexity index is 724. The van der Waals surface area contributed by atoms with Crippen LogP contribution in [0.4, 0.5) is 0 Å². The summed E-state index contributed by atoms with van der Waals surface area (Å²) in [6.07, 6.45) is -0.173. The van der Waals surface area contributed by atoms with Crippen molar-refractivity contribution in [2.45, 2.75) is 84.2 Å². The SMILES string of the molecule is CCC(C)C(NC(=O)C(CCCN=C(N)N)NC(=O)C(N)C(C)O)C(=O)NC(C(=O)O)C(C)C. The number of carboxylic acids is 1. The molecule has 6 atom stereocenters. The number of carboxylic acid groups (broad SMARTS) is 1. The lowest BCUT2D eigenvalue weighted by Gasteiger charge is -2.29. The molecule has 0 aliphatic carbocycles. The molecule has 11 N–H and O–H groups in total. The highest BCUT2D eigenvalue weighted by atomic mass is 16.4. The zero-order chi connectivity index (χ0) is 26.6. The maximum Gasteiger partial charge on any atom is 0.326 e. The van der Waals surface area contributed by atoms with Gasteiger partial charge in [0, 0.05) is 6.54 Å². The van der Waals surface area contributed by atoms with Gasteiger partial charge in [-0.1, -0.05) is 34.1 Å². The number of nitrogens with one attached hydrogen (secondary N) is 3. The van der Waals surface area contributed by atoms with Crippen LogP contribution >= 0.6 is 0 Å². The summed E-state index contributed by atoms with van der Waals surface area (Å²) in [6.45, 7) is 8.42. The fourth-order valence-electron chi connectivity index (χ4n) is 2.97. The van der Waals surface area contributed by atoms with E-state index in [1.54, 1.807) is 20.8 Å². The van der Waals surface area contributed by atoms with Gasteiger partial charge in [0.2, 0.25) is 17.7 Å². The highest BCUT2D eigenvalue weighted by Crippen LogP contribution is 2.11. The fraction of sp³-hybridized carbons (Fsp3) is 0.762. The Hall–Kier alpha value is -2.93. The van der Waals surface area contributed by atoms with Crippen molar-refractivity contribution in [2.75, 3.05) is 6.54 Å². The number of nitrogens with two attached hydrogens (primary N) is 3. The van der Waals surface area contributed by atoms with E-state index in [0.29, 0.717) is 12.8 Å². The molecule has 13 heteroatoms. The van der Waals surface area contributed by atoms with Crippen LogP contribution in [0.3, 0.4) is 0 Å². The highest BCUT2D eigenvalue weighted by molar-refractivity contribution is 5.94. The lowest BCUT2D eigenvalue weighted by atomic mass is 9.96. The molecule has 34 heavy (non-hydrogen) atoms. The second-order valence-corrected chi connectivity index (χ2v) is 8.72. The van der Waals surface area contributed by atoms with Gasteiger partial charge < -0.3 is 43.4 Å². The Morgan fingerprint density at radius 2 is 1.47 bits per heavy atom. The molecular weight excluding hydrogens is 446 g/mol. The molecule has 0 aromatic rings. The van der Waals surface area contributed by atoms with Gasteiger partial charge in [0.1, 0.15) is 24.2 Å². The van der Waals surface area contributed by atoms with E-state index in [4.69, 9.17) is 17.2 Å². The minimum absolute atomic E-state index is 0.118. The first kappa shape index (κ1) is 31.1. The summed E-state index contributed by atoms with van der Waals surface area (Å²) >= 11 is 0. The number of hydrogen-bond donors (Lipinski definition) is 8. The summed E-state index contributed by atoms with van der Waals surface area (Å²) in [4.78, 5) is 53.7. The summed E-state index contributed by atoms with van der Waals surface area (Å²) in [5, 5.41) is 26.6. The van der Waals surface area contributed by atoms with Crippen LogP contribution in [-0.2, 0) is 19.2 Å². The molecule has 0 fully saturated rings. The zero-order valence-electron chi connectivity index (χ0n) is 20.6. The largest absolute Gasteiger partial charge is 0.480 e. The van der Waals surface area contributed by atoms with Gasteiger partial charge in [-0.25, -0.2) is 4.79 Å². The number of aliphatic hydroxyl groups is 1. The van der Waals surface area contributed by atoms with Crippen LogP contribution in [0.25, 0.3) is 0 Å². The van der Waals surface area contributed by atoms with Gasteiger partial charge in [-0.2, -0.15) is 0 Å². The predicted molar refractivity (Wildman–Crippen MR) is 127 cm³/mol. The second-order valence-electron chi connectivity index (χ2n) is 8.72. The predicted octanol–water partition coefficient (Wildman–Crippen LogP) is -2.01. The van der Waals surface area contributed by atoms with Gasteiger partial charge in [-0.05, 0) is 31.6 Å². The minimum atomic E-state index is -1.26. The van der Waals surface area contributed by atoms with Crippen molar-refractivity contribution in [3.63, 3.8) is 0 Å². The van der Waals surface area contributed by atoms with Crippen LogP contribution in [0.5, 0.6) is 0 Å². The first-order chi connectivity index (χ1) is 15.7. The molecule has 6 unspecified atom stereocenters. The first-order valence-corrected chi connectivity index (χ1v) is 11.4. The molecule has 0 saturated carbocycles. The average molecular weight is 488 g/mol. The number of hydrogen-bond acceptors (Lipinski definition) is 7. The van der Waals surface area contributed by atoms with E-state index in [2.05, 4.69) is 20.9 Å². The van der Waals surface area contributed by atoms with Crippen molar-refractivity contribution in [3.05, 3.63) is 0 Å². The highest BCUT2D eigenvalue weighted by Gasteiger charge is 2.33. The van der Waals surface area contributed by atoms with E-state index < -0.39 is 54.0 Å². The molecule has 0 aromatic heterocycles. The smallest absolute Gasteiger partial charge is 0.326 e. The molecule has 0 aliphatic heterocycles. The molecule has 0 heterocycles. The van der Waals surface area contributed by atoms with Gasteiger partial charge in [0.05, 0.1) is 6.10 Å². The summed E-state index contributed by atoms with van der Waals surface area (Å²) in [7, 11) is 0. The number of rotatable bonds is 15. The lowest BCUT2D eigenvalue weighted by molar-refractivity contribution is -0.144. The molecule has 196 valence electrons.